The number of nitrogens with zero attached hydrogens (tertiary/aromatic N) is 5. The molecule has 5 nitrogen and oxygen atoms in total. The first kappa shape index (κ1) is 17.8. The monoisotopic (exact) mass is 375 g/mol. The van der Waals surface area contributed by atoms with Crippen LogP contribution in [-0.4, -0.2) is 51.5 Å². The molecule has 1 aromatic carbocycles. The average Bonchev–Trinajstić information content (AvgIpc) is 3.28. The SMILES string of the molecule is Cc1ccc2c(c1)c1c(n2CC(c2cnccn2)N(C)C)CCN2CCCC12. The van der Waals surface area contributed by atoms with Crippen LogP contribution in [0.2, 0.25) is 0 Å². The highest BCUT2D eigenvalue weighted by Gasteiger charge is 2.35. The molecule has 0 N–H and O–H groups in total. The van der Waals surface area contributed by atoms with Gasteiger partial charge in [0.1, 0.15) is 0 Å². The number of aryl methyl sites for hydroxylation is 1. The van der Waals surface area contributed by atoms with Crippen molar-refractivity contribution >= 4 is 10.9 Å². The van der Waals surface area contributed by atoms with Crippen molar-refractivity contribution in [2.24, 2.45) is 0 Å². The summed E-state index contributed by atoms with van der Waals surface area (Å²) in [4.78, 5) is 13.9. The van der Waals surface area contributed by atoms with Crippen molar-refractivity contribution in [1.29, 1.82) is 0 Å². The molecular formula is C23H29N5. The van der Waals surface area contributed by atoms with Gasteiger partial charge in [-0.05, 0) is 58.1 Å². The van der Waals surface area contributed by atoms with Gasteiger partial charge in [0.15, 0.2) is 0 Å². The second kappa shape index (κ2) is 6.98. The van der Waals surface area contributed by atoms with Crippen molar-refractivity contribution < 1.29 is 0 Å². The lowest BCUT2D eigenvalue weighted by Gasteiger charge is -2.32. The zero-order chi connectivity index (χ0) is 19.3. The summed E-state index contributed by atoms with van der Waals surface area (Å²) in [6.45, 7) is 5.56. The predicted octanol–water partition coefficient (Wildman–Crippen LogP) is 3.74. The summed E-state index contributed by atoms with van der Waals surface area (Å²) in [5.74, 6) is 0. The first-order chi connectivity index (χ1) is 13.6. The Kier molecular flexibility index (Phi) is 4.44. The van der Waals surface area contributed by atoms with E-state index in [0.717, 1.165) is 18.7 Å². The number of benzene rings is 1. The van der Waals surface area contributed by atoms with Crippen molar-refractivity contribution in [2.45, 2.75) is 44.8 Å². The van der Waals surface area contributed by atoms with E-state index in [-0.39, 0.29) is 6.04 Å². The molecule has 0 aliphatic carbocycles. The fourth-order valence-corrected chi connectivity index (χ4v) is 5.24. The third-order valence-electron chi connectivity index (χ3n) is 6.61. The molecule has 5 heteroatoms. The molecule has 5 rings (SSSR count). The molecule has 2 aliphatic rings. The van der Waals surface area contributed by atoms with Crippen LogP contribution in [0.4, 0.5) is 0 Å². The molecule has 2 aromatic heterocycles. The van der Waals surface area contributed by atoms with Crippen molar-refractivity contribution in [1.82, 2.24) is 24.3 Å². The standard InChI is InChI=1S/C23H29N5/c1-16-6-7-19-17(13-16)23-20-5-4-11-27(20)12-8-21(23)28(19)15-22(26(2)3)18-14-24-9-10-25-18/h6-7,9-10,13-14,20,22H,4-5,8,11-12,15H2,1-3H3. The minimum absolute atomic E-state index is 0.205. The van der Waals surface area contributed by atoms with Crippen molar-refractivity contribution in [2.75, 3.05) is 27.2 Å². The topological polar surface area (TPSA) is 37.2 Å². The van der Waals surface area contributed by atoms with Crippen molar-refractivity contribution in [3.63, 3.8) is 0 Å². The van der Waals surface area contributed by atoms with E-state index in [9.17, 15) is 0 Å². The maximum Gasteiger partial charge on any atom is 0.0776 e. The predicted molar refractivity (Wildman–Crippen MR) is 112 cm³/mol. The van der Waals surface area contributed by atoms with E-state index in [1.165, 1.54) is 42.4 Å². The molecular weight excluding hydrogens is 346 g/mol. The molecule has 1 fully saturated rings. The zero-order valence-electron chi connectivity index (χ0n) is 17.1. The number of aromatic nitrogens is 3. The summed E-state index contributed by atoms with van der Waals surface area (Å²) < 4.78 is 2.58. The minimum Gasteiger partial charge on any atom is -0.342 e. The molecule has 0 radical (unpaired) electrons. The molecule has 2 unspecified atom stereocenters. The van der Waals surface area contributed by atoms with Gasteiger partial charge in [0.2, 0.25) is 0 Å². The fourth-order valence-electron chi connectivity index (χ4n) is 5.24. The highest BCUT2D eigenvalue weighted by molar-refractivity contribution is 5.87. The first-order valence-corrected chi connectivity index (χ1v) is 10.4. The smallest absolute Gasteiger partial charge is 0.0776 e. The molecule has 146 valence electrons. The van der Waals surface area contributed by atoms with Crippen LogP contribution in [0.3, 0.4) is 0 Å². The molecule has 0 bridgehead atoms. The molecule has 0 spiro atoms. The lowest BCUT2D eigenvalue weighted by atomic mass is 9.95. The van der Waals surface area contributed by atoms with Gasteiger partial charge >= 0.3 is 0 Å². The quantitative estimate of drug-likeness (QED) is 0.696. The van der Waals surface area contributed by atoms with E-state index in [2.05, 4.69) is 63.6 Å². The Morgan fingerprint density at radius 3 is 2.89 bits per heavy atom. The van der Waals surface area contributed by atoms with E-state index in [1.54, 1.807) is 23.7 Å². The minimum atomic E-state index is 0.205. The zero-order valence-corrected chi connectivity index (χ0v) is 17.1. The molecule has 2 atom stereocenters. The van der Waals surface area contributed by atoms with Crippen LogP contribution < -0.4 is 0 Å². The van der Waals surface area contributed by atoms with Gasteiger partial charge in [-0.1, -0.05) is 11.6 Å². The van der Waals surface area contributed by atoms with Crippen LogP contribution >= 0.6 is 0 Å². The van der Waals surface area contributed by atoms with Crippen molar-refractivity contribution in [3.8, 4) is 0 Å². The van der Waals surface area contributed by atoms with Gasteiger partial charge in [-0.2, -0.15) is 0 Å². The Morgan fingerprint density at radius 2 is 2.11 bits per heavy atom. The number of hydrogen-bond donors (Lipinski definition) is 0. The maximum absolute atomic E-state index is 4.61. The summed E-state index contributed by atoms with van der Waals surface area (Å²) in [6.07, 6.45) is 9.21. The number of likely N-dealkylation sites (N-methyl/N-ethyl adjacent to an activating group) is 1. The number of hydrogen-bond acceptors (Lipinski definition) is 4. The van der Waals surface area contributed by atoms with Crippen LogP contribution in [0.1, 0.15) is 47.4 Å². The summed E-state index contributed by atoms with van der Waals surface area (Å²) in [6, 6.07) is 7.79. The van der Waals surface area contributed by atoms with Gasteiger partial charge < -0.3 is 4.57 Å². The van der Waals surface area contributed by atoms with Crippen LogP contribution in [-0.2, 0) is 13.0 Å². The van der Waals surface area contributed by atoms with Crippen LogP contribution in [0.15, 0.2) is 36.8 Å². The molecule has 28 heavy (non-hydrogen) atoms. The first-order valence-electron chi connectivity index (χ1n) is 10.4. The highest BCUT2D eigenvalue weighted by Crippen LogP contribution is 2.43. The number of rotatable bonds is 4. The largest absolute Gasteiger partial charge is 0.342 e. The summed E-state index contributed by atoms with van der Waals surface area (Å²) in [7, 11) is 4.28. The Morgan fingerprint density at radius 1 is 1.21 bits per heavy atom. The van der Waals surface area contributed by atoms with Crippen LogP contribution in [0.25, 0.3) is 10.9 Å². The van der Waals surface area contributed by atoms with Gasteiger partial charge in [0.05, 0.1) is 17.9 Å². The van der Waals surface area contributed by atoms with Crippen LogP contribution in [0.5, 0.6) is 0 Å². The van der Waals surface area contributed by atoms with Gasteiger partial charge in [-0.3, -0.25) is 19.8 Å². The molecule has 3 aromatic rings. The van der Waals surface area contributed by atoms with Gasteiger partial charge in [0.25, 0.3) is 0 Å². The van der Waals surface area contributed by atoms with Gasteiger partial charge in [-0.25, -0.2) is 0 Å². The molecule has 0 amide bonds. The van der Waals surface area contributed by atoms with Crippen molar-refractivity contribution in [3.05, 3.63) is 59.3 Å². The van der Waals surface area contributed by atoms with E-state index in [0.29, 0.717) is 6.04 Å². The van der Waals surface area contributed by atoms with E-state index >= 15 is 0 Å². The second-order valence-electron chi connectivity index (χ2n) is 8.55. The summed E-state index contributed by atoms with van der Waals surface area (Å²) in [5.41, 5.74) is 6.90. The lowest BCUT2D eigenvalue weighted by Crippen LogP contribution is -2.32. The lowest BCUT2D eigenvalue weighted by molar-refractivity contribution is 0.234. The van der Waals surface area contributed by atoms with E-state index in [4.69, 9.17) is 0 Å². The third kappa shape index (κ3) is 2.85. The normalized spacial score (nSPS) is 20.5. The Balaban J connectivity index is 1.65. The average molecular weight is 376 g/mol. The van der Waals surface area contributed by atoms with Gasteiger partial charge in [0, 0.05) is 54.5 Å². The fraction of sp³-hybridized carbons (Fsp3) is 0.478. The Labute approximate surface area is 167 Å². The molecule has 0 saturated carbocycles. The van der Waals surface area contributed by atoms with E-state index in [1.807, 2.05) is 6.20 Å². The third-order valence-corrected chi connectivity index (χ3v) is 6.61. The van der Waals surface area contributed by atoms with Gasteiger partial charge in [-0.15, -0.1) is 0 Å². The van der Waals surface area contributed by atoms with E-state index < -0.39 is 0 Å². The molecule has 2 aliphatic heterocycles. The second-order valence-corrected chi connectivity index (χ2v) is 8.55. The molecule has 1 saturated heterocycles. The Hall–Kier alpha value is -2.24. The maximum atomic E-state index is 4.61. The summed E-state index contributed by atoms with van der Waals surface area (Å²) in [5, 5.41) is 1.46. The van der Waals surface area contributed by atoms with Crippen LogP contribution in [0, 0.1) is 6.92 Å². The Bertz CT molecular complexity index is 991. The summed E-state index contributed by atoms with van der Waals surface area (Å²) >= 11 is 0. The highest BCUT2D eigenvalue weighted by atomic mass is 15.2. The number of fused-ring (bicyclic) bond motifs is 5. The molecule has 4 heterocycles.